The maximum Gasteiger partial charge on any atom is 0.277 e. The summed E-state index contributed by atoms with van der Waals surface area (Å²) in [4.78, 5) is 11.9. The fourth-order valence-corrected chi connectivity index (χ4v) is 1.63. The predicted molar refractivity (Wildman–Crippen MR) is 73.2 cm³/mol. The van der Waals surface area contributed by atoms with Gasteiger partial charge in [0.1, 0.15) is 6.26 Å². The van der Waals surface area contributed by atoms with Crippen LogP contribution in [0.4, 0.5) is 5.69 Å². The van der Waals surface area contributed by atoms with Crippen LogP contribution < -0.4 is 14.8 Å². The zero-order valence-electron chi connectivity index (χ0n) is 11.5. The number of nitrogens with one attached hydrogen (secondary N) is 1. The number of carbonyl (C=O) groups excluding carboxylic acids is 1. The summed E-state index contributed by atoms with van der Waals surface area (Å²) < 4.78 is 15.5. The summed E-state index contributed by atoms with van der Waals surface area (Å²) >= 11 is 0. The van der Waals surface area contributed by atoms with Crippen molar-refractivity contribution in [2.45, 2.75) is 20.0 Å². The van der Waals surface area contributed by atoms with Crippen LogP contribution in [0.15, 0.2) is 35.1 Å². The van der Waals surface area contributed by atoms with Gasteiger partial charge in [0.25, 0.3) is 5.91 Å². The number of aromatic nitrogens is 1. The van der Waals surface area contributed by atoms with Crippen LogP contribution in [0.1, 0.15) is 24.3 Å². The van der Waals surface area contributed by atoms with E-state index >= 15 is 0 Å². The fraction of sp³-hybridized carbons (Fsp3) is 0.286. The summed E-state index contributed by atoms with van der Waals surface area (Å²) in [5.74, 6) is 0.831. The summed E-state index contributed by atoms with van der Waals surface area (Å²) in [7, 11) is 1.57. The van der Waals surface area contributed by atoms with Crippen molar-refractivity contribution < 1.29 is 18.8 Å². The molecule has 1 amide bonds. The molecule has 0 atom stereocenters. The lowest BCUT2D eigenvalue weighted by atomic mass is 10.2. The minimum Gasteiger partial charge on any atom is -0.493 e. The van der Waals surface area contributed by atoms with Gasteiger partial charge in [0.15, 0.2) is 17.2 Å². The van der Waals surface area contributed by atoms with E-state index in [-0.39, 0.29) is 17.7 Å². The third-order valence-corrected chi connectivity index (χ3v) is 2.45. The molecule has 0 unspecified atom stereocenters. The first-order valence-electron chi connectivity index (χ1n) is 6.16. The van der Waals surface area contributed by atoms with Crippen molar-refractivity contribution in [3.63, 3.8) is 0 Å². The lowest BCUT2D eigenvalue weighted by Gasteiger charge is -2.14. The molecule has 0 bridgehead atoms. The highest BCUT2D eigenvalue weighted by Gasteiger charge is 2.12. The Morgan fingerprint density at radius 1 is 1.30 bits per heavy atom. The van der Waals surface area contributed by atoms with Crippen molar-refractivity contribution in [1.82, 2.24) is 5.16 Å². The largest absolute Gasteiger partial charge is 0.493 e. The minimum absolute atomic E-state index is 0.00499. The van der Waals surface area contributed by atoms with E-state index in [0.29, 0.717) is 17.2 Å². The van der Waals surface area contributed by atoms with Gasteiger partial charge in [-0.15, -0.1) is 0 Å². The Morgan fingerprint density at radius 3 is 2.70 bits per heavy atom. The Balaban J connectivity index is 2.18. The zero-order chi connectivity index (χ0) is 14.5. The molecule has 1 aromatic heterocycles. The van der Waals surface area contributed by atoms with Crippen LogP contribution in [-0.2, 0) is 0 Å². The fourth-order valence-electron chi connectivity index (χ4n) is 1.63. The predicted octanol–water partition coefficient (Wildman–Crippen LogP) is 2.72. The van der Waals surface area contributed by atoms with E-state index in [9.17, 15) is 4.79 Å². The number of amides is 1. The highest BCUT2D eigenvalue weighted by Crippen LogP contribution is 2.31. The van der Waals surface area contributed by atoms with Gasteiger partial charge in [-0.1, -0.05) is 5.16 Å². The Hall–Kier alpha value is -2.50. The molecule has 0 saturated carbocycles. The van der Waals surface area contributed by atoms with Crippen LogP contribution in [0.25, 0.3) is 0 Å². The van der Waals surface area contributed by atoms with Gasteiger partial charge in [0.2, 0.25) is 0 Å². The molecule has 0 fully saturated rings. The third-order valence-electron chi connectivity index (χ3n) is 2.45. The number of anilines is 1. The number of ether oxygens (including phenoxy) is 2. The van der Waals surface area contributed by atoms with Crippen LogP contribution in [-0.4, -0.2) is 24.3 Å². The standard InChI is InChI=1S/C14H16N2O4/c1-9(2)20-13-8-10(4-5-12(13)18-3)15-14(17)11-6-7-19-16-11/h4-9H,1-3H3,(H,15,17). The lowest BCUT2D eigenvalue weighted by molar-refractivity contribution is 0.101. The van der Waals surface area contributed by atoms with Crippen LogP contribution in [0.3, 0.4) is 0 Å². The van der Waals surface area contributed by atoms with Crippen molar-refractivity contribution in [3.05, 3.63) is 36.2 Å². The third kappa shape index (κ3) is 3.28. The SMILES string of the molecule is COc1ccc(NC(=O)c2ccon2)cc1OC(C)C. The van der Waals surface area contributed by atoms with E-state index in [1.54, 1.807) is 25.3 Å². The van der Waals surface area contributed by atoms with Crippen LogP contribution in [0.5, 0.6) is 11.5 Å². The van der Waals surface area contributed by atoms with Gasteiger partial charge < -0.3 is 19.3 Å². The second-order valence-electron chi connectivity index (χ2n) is 4.37. The number of rotatable bonds is 5. The highest BCUT2D eigenvalue weighted by atomic mass is 16.5. The second-order valence-corrected chi connectivity index (χ2v) is 4.37. The maximum absolute atomic E-state index is 11.9. The molecule has 0 aliphatic carbocycles. The monoisotopic (exact) mass is 276 g/mol. The Kier molecular flexibility index (Phi) is 4.24. The first-order chi connectivity index (χ1) is 9.60. The summed E-state index contributed by atoms with van der Waals surface area (Å²) in [5.41, 5.74) is 0.807. The number of benzene rings is 1. The first kappa shape index (κ1) is 13.9. The zero-order valence-corrected chi connectivity index (χ0v) is 11.5. The molecule has 20 heavy (non-hydrogen) atoms. The van der Waals surface area contributed by atoms with E-state index in [4.69, 9.17) is 9.47 Å². The number of hydrogen-bond donors (Lipinski definition) is 1. The minimum atomic E-state index is -0.348. The van der Waals surface area contributed by atoms with E-state index in [1.165, 1.54) is 12.3 Å². The topological polar surface area (TPSA) is 73.6 Å². The highest BCUT2D eigenvalue weighted by molar-refractivity contribution is 6.02. The van der Waals surface area contributed by atoms with Crippen LogP contribution >= 0.6 is 0 Å². The van der Waals surface area contributed by atoms with Crippen LogP contribution in [0, 0.1) is 0 Å². The van der Waals surface area contributed by atoms with E-state index in [0.717, 1.165) is 0 Å². The lowest BCUT2D eigenvalue weighted by Crippen LogP contribution is -2.13. The molecular formula is C14H16N2O4. The molecular weight excluding hydrogens is 260 g/mol. The molecule has 0 aliphatic heterocycles. The van der Waals surface area contributed by atoms with Gasteiger partial charge in [-0.2, -0.15) is 0 Å². The molecule has 106 valence electrons. The molecule has 2 rings (SSSR count). The van der Waals surface area contributed by atoms with Crippen molar-refractivity contribution in [2.24, 2.45) is 0 Å². The number of hydrogen-bond acceptors (Lipinski definition) is 5. The van der Waals surface area contributed by atoms with Gasteiger partial charge in [-0.25, -0.2) is 0 Å². The molecule has 0 radical (unpaired) electrons. The Morgan fingerprint density at radius 2 is 2.10 bits per heavy atom. The first-order valence-corrected chi connectivity index (χ1v) is 6.16. The maximum atomic E-state index is 11.9. The molecule has 2 aromatic rings. The molecule has 0 aliphatic rings. The average molecular weight is 276 g/mol. The number of nitrogens with zero attached hydrogens (tertiary/aromatic N) is 1. The summed E-state index contributed by atoms with van der Waals surface area (Å²) in [5, 5.41) is 6.29. The van der Waals surface area contributed by atoms with Crippen molar-refractivity contribution in [3.8, 4) is 11.5 Å². The van der Waals surface area contributed by atoms with E-state index in [1.807, 2.05) is 13.8 Å². The second kappa shape index (κ2) is 6.10. The Bertz CT molecular complexity index is 579. The summed E-state index contributed by atoms with van der Waals surface area (Å²) in [6, 6.07) is 6.65. The van der Waals surface area contributed by atoms with Gasteiger partial charge >= 0.3 is 0 Å². The molecule has 1 heterocycles. The molecule has 0 spiro atoms. The van der Waals surface area contributed by atoms with Gasteiger partial charge in [0, 0.05) is 17.8 Å². The number of carbonyl (C=O) groups is 1. The van der Waals surface area contributed by atoms with Gasteiger partial charge in [0.05, 0.1) is 13.2 Å². The smallest absolute Gasteiger partial charge is 0.277 e. The summed E-state index contributed by atoms with van der Waals surface area (Å²) in [6.07, 6.45) is 1.35. The normalized spacial score (nSPS) is 10.4. The van der Waals surface area contributed by atoms with E-state index < -0.39 is 0 Å². The van der Waals surface area contributed by atoms with Crippen LogP contribution in [0.2, 0.25) is 0 Å². The van der Waals surface area contributed by atoms with Gasteiger partial charge in [-0.05, 0) is 26.0 Å². The number of methoxy groups -OCH3 is 1. The quantitative estimate of drug-likeness (QED) is 0.908. The van der Waals surface area contributed by atoms with Crippen molar-refractivity contribution in [1.29, 1.82) is 0 Å². The molecule has 0 saturated heterocycles. The molecule has 1 N–H and O–H groups in total. The Labute approximate surface area is 116 Å². The van der Waals surface area contributed by atoms with E-state index in [2.05, 4.69) is 15.0 Å². The van der Waals surface area contributed by atoms with Crippen molar-refractivity contribution in [2.75, 3.05) is 12.4 Å². The average Bonchev–Trinajstić information content (AvgIpc) is 2.92. The molecule has 6 nitrogen and oxygen atoms in total. The molecule has 1 aromatic carbocycles. The molecule has 6 heteroatoms. The summed E-state index contributed by atoms with van der Waals surface area (Å²) in [6.45, 7) is 3.83. The van der Waals surface area contributed by atoms with Gasteiger partial charge in [-0.3, -0.25) is 4.79 Å². The van der Waals surface area contributed by atoms with Crippen molar-refractivity contribution >= 4 is 11.6 Å².